The largest absolute Gasteiger partial charge is 0.506 e. The Morgan fingerprint density at radius 2 is 2.00 bits per heavy atom. The number of pyridine rings is 1. The average Bonchev–Trinajstić information content (AvgIpc) is 2.38. The molecule has 7 nitrogen and oxygen atoms in total. The van der Waals surface area contributed by atoms with Crippen LogP contribution in [-0.4, -0.2) is 34.4 Å². The van der Waals surface area contributed by atoms with Crippen molar-refractivity contribution in [1.82, 2.24) is 4.98 Å². The van der Waals surface area contributed by atoms with Crippen LogP contribution in [0, 0.1) is 0 Å². The molecule has 0 spiro atoms. The smallest absolute Gasteiger partial charge is 0.345 e. The van der Waals surface area contributed by atoms with Gasteiger partial charge in [0.05, 0.1) is 12.2 Å². The lowest BCUT2D eigenvalue weighted by molar-refractivity contribution is -0.139. The quantitative estimate of drug-likeness (QED) is 0.280. The number of esters is 1. The van der Waals surface area contributed by atoms with Crippen molar-refractivity contribution in [2.24, 2.45) is 0 Å². The van der Waals surface area contributed by atoms with Crippen molar-refractivity contribution in [1.29, 1.82) is 0 Å². The molecule has 1 aromatic rings. The number of carbonyl (C=O) groups is 3. The molecule has 1 amide bonds. The number of nitrogens with zero attached hydrogens (tertiary/aromatic N) is 1. The fourth-order valence-electron chi connectivity index (χ4n) is 1.61. The van der Waals surface area contributed by atoms with Gasteiger partial charge in [0, 0.05) is 13.1 Å². The minimum atomic E-state index is -0.930. The van der Waals surface area contributed by atoms with E-state index in [1.807, 2.05) is 0 Å². The van der Waals surface area contributed by atoms with E-state index in [1.54, 1.807) is 6.92 Å². The Morgan fingerprint density at radius 1 is 1.33 bits per heavy atom. The zero-order chi connectivity index (χ0) is 16.0. The van der Waals surface area contributed by atoms with E-state index in [0.29, 0.717) is 0 Å². The van der Waals surface area contributed by atoms with Crippen molar-refractivity contribution in [2.75, 3.05) is 11.9 Å². The fourth-order valence-corrected chi connectivity index (χ4v) is 1.61. The monoisotopic (exact) mass is 292 g/mol. The fraction of sp³-hybridized carbons (Fsp3) is 0.286. The Balaban J connectivity index is 3.40. The molecule has 2 N–H and O–H groups in total. The second-order valence-corrected chi connectivity index (χ2v) is 4.08. The third-order valence-electron chi connectivity index (χ3n) is 2.43. The van der Waals surface area contributed by atoms with E-state index in [-0.39, 0.29) is 18.0 Å². The van der Waals surface area contributed by atoms with Crippen molar-refractivity contribution in [3.05, 3.63) is 29.5 Å². The van der Waals surface area contributed by atoms with Gasteiger partial charge < -0.3 is 15.2 Å². The molecule has 1 rings (SSSR count). The summed E-state index contributed by atoms with van der Waals surface area (Å²) in [5.41, 5.74) is -0.428. The molecule has 0 aromatic carbocycles. The van der Waals surface area contributed by atoms with Crippen molar-refractivity contribution < 1.29 is 24.2 Å². The molecule has 0 aliphatic carbocycles. The molecular formula is C14H16N2O5. The van der Waals surface area contributed by atoms with E-state index in [1.165, 1.54) is 25.3 Å². The number of Topliss-reactive ketones (excluding diaryl/α,β-unsaturated/α-hetero) is 1. The summed E-state index contributed by atoms with van der Waals surface area (Å²) in [5.74, 6) is -2.52. The van der Waals surface area contributed by atoms with Gasteiger partial charge in [0.2, 0.25) is 5.91 Å². The summed E-state index contributed by atoms with van der Waals surface area (Å²) in [5, 5.41) is 12.6. The lowest BCUT2D eigenvalue weighted by atomic mass is 10.1. The Bertz CT molecular complexity index is 607. The molecule has 0 saturated carbocycles. The van der Waals surface area contributed by atoms with E-state index in [2.05, 4.69) is 10.3 Å². The first-order valence-corrected chi connectivity index (χ1v) is 6.22. The molecule has 0 unspecified atom stereocenters. The standard InChI is InChI=1S/C14H16N2O5/c1-4-21-14(20)11(8(2)17)12(19)10-6-5-7-15-13(10)16-9(3)18/h5-7,19H,4H2,1-3H3,(H,15,16,18)/b12-11+. The van der Waals surface area contributed by atoms with Crippen LogP contribution in [0.2, 0.25) is 0 Å². The number of nitrogens with one attached hydrogen (secondary N) is 1. The number of aliphatic hydroxyl groups is 1. The summed E-state index contributed by atoms with van der Waals surface area (Å²) in [4.78, 5) is 38.4. The summed E-state index contributed by atoms with van der Waals surface area (Å²) in [6.07, 6.45) is 1.40. The van der Waals surface area contributed by atoms with Gasteiger partial charge in [-0.3, -0.25) is 9.59 Å². The summed E-state index contributed by atoms with van der Waals surface area (Å²) in [7, 11) is 0. The zero-order valence-corrected chi connectivity index (χ0v) is 12.0. The van der Waals surface area contributed by atoms with Crippen LogP contribution in [0.15, 0.2) is 23.9 Å². The highest BCUT2D eigenvalue weighted by atomic mass is 16.5. The van der Waals surface area contributed by atoms with Gasteiger partial charge in [-0.2, -0.15) is 0 Å². The molecule has 7 heteroatoms. The van der Waals surface area contributed by atoms with Crippen LogP contribution in [-0.2, 0) is 19.1 Å². The number of ether oxygens (including phenoxy) is 1. The van der Waals surface area contributed by atoms with Crippen LogP contribution in [0.5, 0.6) is 0 Å². The highest BCUT2D eigenvalue weighted by Crippen LogP contribution is 2.23. The Labute approximate surface area is 121 Å². The Hall–Kier alpha value is -2.70. The van der Waals surface area contributed by atoms with Crippen LogP contribution in [0.4, 0.5) is 5.82 Å². The maximum absolute atomic E-state index is 11.8. The van der Waals surface area contributed by atoms with E-state index in [9.17, 15) is 19.5 Å². The van der Waals surface area contributed by atoms with Crippen molar-refractivity contribution in [2.45, 2.75) is 20.8 Å². The predicted octanol–water partition coefficient (Wildman–Crippen LogP) is 1.46. The Kier molecular flexibility index (Phi) is 5.59. The van der Waals surface area contributed by atoms with E-state index in [4.69, 9.17) is 4.74 Å². The molecule has 0 bridgehead atoms. The van der Waals surface area contributed by atoms with Crippen molar-refractivity contribution in [3.8, 4) is 0 Å². The lowest BCUT2D eigenvalue weighted by Gasteiger charge is -2.11. The molecule has 0 atom stereocenters. The summed E-state index contributed by atoms with van der Waals surface area (Å²) in [6, 6.07) is 2.93. The highest BCUT2D eigenvalue weighted by molar-refractivity contribution is 6.21. The first-order chi connectivity index (χ1) is 9.88. The first kappa shape index (κ1) is 16.4. The minimum absolute atomic E-state index is 0.0468. The zero-order valence-electron chi connectivity index (χ0n) is 12.0. The molecule has 21 heavy (non-hydrogen) atoms. The number of aromatic nitrogens is 1. The van der Waals surface area contributed by atoms with Gasteiger partial charge in [0.15, 0.2) is 5.78 Å². The molecule has 0 aliphatic rings. The minimum Gasteiger partial charge on any atom is -0.506 e. The molecule has 0 saturated heterocycles. The molecule has 0 radical (unpaired) electrons. The van der Waals surface area contributed by atoms with Crippen molar-refractivity contribution >= 4 is 29.2 Å². The van der Waals surface area contributed by atoms with Crippen molar-refractivity contribution in [3.63, 3.8) is 0 Å². The van der Waals surface area contributed by atoms with E-state index < -0.39 is 29.0 Å². The number of carbonyl (C=O) groups excluding carboxylic acids is 3. The molecule has 112 valence electrons. The topological polar surface area (TPSA) is 106 Å². The van der Waals surface area contributed by atoms with Crippen LogP contribution in [0.1, 0.15) is 26.3 Å². The highest BCUT2D eigenvalue weighted by Gasteiger charge is 2.24. The second-order valence-electron chi connectivity index (χ2n) is 4.08. The van der Waals surface area contributed by atoms with Crippen LogP contribution >= 0.6 is 0 Å². The third-order valence-corrected chi connectivity index (χ3v) is 2.43. The van der Waals surface area contributed by atoms with Gasteiger partial charge in [-0.25, -0.2) is 9.78 Å². The summed E-state index contributed by atoms with van der Waals surface area (Å²) >= 11 is 0. The van der Waals surface area contributed by atoms with Gasteiger partial charge in [-0.15, -0.1) is 0 Å². The predicted molar refractivity (Wildman–Crippen MR) is 75.4 cm³/mol. The lowest BCUT2D eigenvalue weighted by Crippen LogP contribution is -2.17. The van der Waals surface area contributed by atoms with Gasteiger partial charge in [0.1, 0.15) is 17.2 Å². The number of aliphatic hydroxyl groups excluding tert-OH is 1. The molecule has 0 aliphatic heterocycles. The van der Waals surface area contributed by atoms with Crippen LogP contribution in [0.3, 0.4) is 0 Å². The second kappa shape index (κ2) is 7.18. The molecule has 1 heterocycles. The SMILES string of the molecule is CCOC(=O)/C(C(C)=O)=C(/O)c1cccnc1NC(C)=O. The number of amides is 1. The summed E-state index contributed by atoms with van der Waals surface area (Å²) < 4.78 is 4.74. The summed E-state index contributed by atoms with van der Waals surface area (Å²) in [6.45, 7) is 4.06. The van der Waals surface area contributed by atoms with Crippen LogP contribution < -0.4 is 5.32 Å². The van der Waals surface area contributed by atoms with Gasteiger partial charge in [-0.1, -0.05) is 0 Å². The van der Waals surface area contributed by atoms with E-state index in [0.717, 1.165) is 6.92 Å². The number of ketones is 1. The van der Waals surface area contributed by atoms with Gasteiger partial charge in [-0.05, 0) is 26.0 Å². The molecular weight excluding hydrogens is 276 g/mol. The number of rotatable bonds is 5. The average molecular weight is 292 g/mol. The maximum atomic E-state index is 11.8. The Morgan fingerprint density at radius 3 is 2.52 bits per heavy atom. The van der Waals surface area contributed by atoms with Gasteiger partial charge >= 0.3 is 5.97 Å². The van der Waals surface area contributed by atoms with Crippen LogP contribution in [0.25, 0.3) is 5.76 Å². The van der Waals surface area contributed by atoms with E-state index >= 15 is 0 Å². The van der Waals surface area contributed by atoms with Gasteiger partial charge in [0.25, 0.3) is 0 Å². The molecule has 0 fully saturated rings. The molecule has 1 aromatic heterocycles. The number of hydrogen-bond acceptors (Lipinski definition) is 6. The maximum Gasteiger partial charge on any atom is 0.345 e. The first-order valence-electron chi connectivity index (χ1n) is 6.22. The third kappa shape index (κ3) is 4.13. The number of hydrogen-bond donors (Lipinski definition) is 2. The normalized spacial score (nSPS) is 11.4. The number of anilines is 1.